The summed E-state index contributed by atoms with van der Waals surface area (Å²) in [5, 5.41) is 3.21. The molecule has 1 rings (SSSR count). The lowest BCUT2D eigenvalue weighted by Crippen LogP contribution is -2.27. The maximum absolute atomic E-state index is 5.79. The highest BCUT2D eigenvalue weighted by Crippen LogP contribution is 2.21. The molecule has 1 N–H and O–H groups in total. The van der Waals surface area contributed by atoms with E-state index >= 15 is 0 Å². The number of nitrogens with one attached hydrogen (secondary N) is 1. The molecular weight excluding hydrogens is 279 g/mol. The van der Waals surface area contributed by atoms with Crippen LogP contribution >= 0.6 is 27.5 Å². The SMILES string of the molecule is COCC(CCl)Nc1ncc(C)cc1Br. The average molecular weight is 294 g/mol. The zero-order chi connectivity index (χ0) is 11.3. The fourth-order valence-corrected chi connectivity index (χ4v) is 1.90. The number of hydrogen-bond acceptors (Lipinski definition) is 3. The number of aryl methyl sites for hydroxylation is 1. The Morgan fingerprint density at radius 1 is 1.67 bits per heavy atom. The minimum Gasteiger partial charge on any atom is -0.383 e. The Balaban J connectivity index is 2.70. The molecule has 1 aromatic rings. The number of rotatable bonds is 5. The fourth-order valence-electron chi connectivity index (χ4n) is 1.16. The van der Waals surface area contributed by atoms with Gasteiger partial charge in [0.05, 0.1) is 17.1 Å². The minimum absolute atomic E-state index is 0.0724. The molecule has 0 bridgehead atoms. The van der Waals surface area contributed by atoms with E-state index in [0.29, 0.717) is 12.5 Å². The van der Waals surface area contributed by atoms with Crippen molar-refractivity contribution in [2.75, 3.05) is 24.9 Å². The Hall–Kier alpha value is -0.320. The van der Waals surface area contributed by atoms with E-state index in [1.165, 1.54) is 0 Å². The van der Waals surface area contributed by atoms with Crippen molar-refractivity contribution in [2.24, 2.45) is 0 Å². The highest BCUT2D eigenvalue weighted by atomic mass is 79.9. The summed E-state index contributed by atoms with van der Waals surface area (Å²) in [6.45, 7) is 2.56. The van der Waals surface area contributed by atoms with Gasteiger partial charge >= 0.3 is 0 Å². The molecule has 0 aliphatic heterocycles. The van der Waals surface area contributed by atoms with E-state index in [4.69, 9.17) is 16.3 Å². The molecule has 0 fully saturated rings. The van der Waals surface area contributed by atoms with Crippen molar-refractivity contribution in [1.29, 1.82) is 0 Å². The lowest BCUT2D eigenvalue weighted by molar-refractivity contribution is 0.191. The monoisotopic (exact) mass is 292 g/mol. The number of nitrogens with zero attached hydrogens (tertiary/aromatic N) is 1. The standard InChI is InChI=1S/C10H14BrClN2O/c1-7-3-9(11)10(13-5-7)14-8(4-12)6-15-2/h3,5,8H,4,6H2,1-2H3,(H,13,14). The number of methoxy groups -OCH3 is 1. The van der Waals surface area contributed by atoms with Crippen LogP contribution in [0.1, 0.15) is 5.56 Å². The van der Waals surface area contributed by atoms with Crippen LogP contribution in [0.25, 0.3) is 0 Å². The molecule has 0 aliphatic rings. The summed E-state index contributed by atoms with van der Waals surface area (Å²) in [4.78, 5) is 4.28. The number of halogens is 2. The normalized spacial score (nSPS) is 12.5. The summed E-state index contributed by atoms with van der Waals surface area (Å²) >= 11 is 9.24. The largest absolute Gasteiger partial charge is 0.383 e. The Bertz CT molecular complexity index is 322. The van der Waals surface area contributed by atoms with E-state index in [1.807, 2.05) is 19.2 Å². The van der Waals surface area contributed by atoms with Gasteiger partial charge in [-0.1, -0.05) is 0 Å². The van der Waals surface area contributed by atoms with Crippen molar-refractivity contribution in [3.63, 3.8) is 0 Å². The molecule has 1 atom stereocenters. The van der Waals surface area contributed by atoms with Gasteiger partial charge in [0.15, 0.2) is 0 Å². The lowest BCUT2D eigenvalue weighted by Gasteiger charge is -2.16. The van der Waals surface area contributed by atoms with Gasteiger partial charge in [0.2, 0.25) is 0 Å². The van der Waals surface area contributed by atoms with Crippen LogP contribution in [0.15, 0.2) is 16.7 Å². The van der Waals surface area contributed by atoms with Crippen LogP contribution in [-0.4, -0.2) is 30.6 Å². The number of anilines is 1. The molecule has 0 aliphatic carbocycles. The molecule has 0 saturated heterocycles. The average Bonchev–Trinajstić information content (AvgIpc) is 2.21. The van der Waals surface area contributed by atoms with Gasteiger partial charge in [0.1, 0.15) is 5.82 Å². The first-order valence-corrected chi connectivity index (χ1v) is 5.93. The van der Waals surface area contributed by atoms with Gasteiger partial charge in [-0.2, -0.15) is 0 Å². The van der Waals surface area contributed by atoms with E-state index < -0.39 is 0 Å². The van der Waals surface area contributed by atoms with Crippen molar-refractivity contribution in [1.82, 2.24) is 4.98 Å². The zero-order valence-electron chi connectivity index (χ0n) is 8.76. The third-order valence-electron chi connectivity index (χ3n) is 1.87. The lowest BCUT2D eigenvalue weighted by atomic mass is 10.3. The molecule has 5 heteroatoms. The van der Waals surface area contributed by atoms with Crippen LogP contribution in [0.4, 0.5) is 5.82 Å². The van der Waals surface area contributed by atoms with Gasteiger partial charge < -0.3 is 10.1 Å². The van der Waals surface area contributed by atoms with Crippen LogP contribution in [0.3, 0.4) is 0 Å². The van der Waals surface area contributed by atoms with E-state index in [2.05, 4.69) is 26.2 Å². The molecule has 0 amide bonds. The van der Waals surface area contributed by atoms with Gasteiger partial charge in [-0.15, -0.1) is 11.6 Å². The molecule has 1 aromatic heterocycles. The second-order valence-corrected chi connectivity index (χ2v) is 4.46. The van der Waals surface area contributed by atoms with Crippen molar-refractivity contribution in [2.45, 2.75) is 13.0 Å². The number of alkyl halides is 1. The quantitative estimate of drug-likeness (QED) is 0.848. The van der Waals surface area contributed by atoms with Gasteiger partial charge in [-0.05, 0) is 34.5 Å². The predicted octanol–water partition coefficient (Wildman–Crippen LogP) is 2.82. The second kappa shape index (κ2) is 6.30. The van der Waals surface area contributed by atoms with Crippen molar-refractivity contribution >= 4 is 33.3 Å². The maximum Gasteiger partial charge on any atom is 0.140 e. The third-order valence-corrected chi connectivity index (χ3v) is 2.85. The topological polar surface area (TPSA) is 34.1 Å². The summed E-state index contributed by atoms with van der Waals surface area (Å²) in [6, 6.07) is 2.08. The molecule has 0 radical (unpaired) electrons. The van der Waals surface area contributed by atoms with Gasteiger partial charge in [-0.25, -0.2) is 4.98 Å². The van der Waals surface area contributed by atoms with E-state index in [1.54, 1.807) is 7.11 Å². The number of ether oxygens (including phenoxy) is 1. The van der Waals surface area contributed by atoms with Crippen LogP contribution in [0, 0.1) is 6.92 Å². The Morgan fingerprint density at radius 2 is 2.40 bits per heavy atom. The van der Waals surface area contributed by atoms with Gasteiger partial charge in [0.25, 0.3) is 0 Å². The molecule has 84 valence electrons. The first-order valence-electron chi connectivity index (χ1n) is 4.61. The maximum atomic E-state index is 5.79. The Kier molecular flexibility index (Phi) is 5.36. The summed E-state index contributed by atoms with van der Waals surface area (Å²) in [6.07, 6.45) is 1.81. The summed E-state index contributed by atoms with van der Waals surface area (Å²) in [7, 11) is 1.65. The van der Waals surface area contributed by atoms with E-state index in [9.17, 15) is 0 Å². The summed E-state index contributed by atoms with van der Waals surface area (Å²) in [5.74, 6) is 1.28. The number of aromatic nitrogens is 1. The first kappa shape index (κ1) is 12.7. The van der Waals surface area contributed by atoms with E-state index in [-0.39, 0.29) is 6.04 Å². The summed E-state index contributed by atoms with van der Waals surface area (Å²) in [5.41, 5.74) is 1.11. The van der Waals surface area contributed by atoms with Crippen LogP contribution < -0.4 is 5.32 Å². The van der Waals surface area contributed by atoms with Gasteiger partial charge in [-0.3, -0.25) is 0 Å². The van der Waals surface area contributed by atoms with Crippen LogP contribution in [0.5, 0.6) is 0 Å². The number of hydrogen-bond donors (Lipinski definition) is 1. The minimum atomic E-state index is 0.0724. The van der Waals surface area contributed by atoms with Gasteiger partial charge in [0, 0.05) is 19.2 Å². The third kappa shape index (κ3) is 3.97. The van der Waals surface area contributed by atoms with Crippen LogP contribution in [-0.2, 0) is 4.74 Å². The first-order chi connectivity index (χ1) is 7.17. The van der Waals surface area contributed by atoms with E-state index in [0.717, 1.165) is 15.9 Å². The Morgan fingerprint density at radius 3 is 2.93 bits per heavy atom. The number of pyridine rings is 1. The van der Waals surface area contributed by atoms with Crippen molar-refractivity contribution in [3.8, 4) is 0 Å². The fraction of sp³-hybridized carbons (Fsp3) is 0.500. The molecule has 1 heterocycles. The summed E-state index contributed by atoms with van der Waals surface area (Å²) < 4.78 is 5.98. The Labute approximate surface area is 103 Å². The van der Waals surface area contributed by atoms with Crippen molar-refractivity contribution in [3.05, 3.63) is 22.3 Å². The molecule has 0 aromatic carbocycles. The van der Waals surface area contributed by atoms with Crippen molar-refractivity contribution < 1.29 is 4.74 Å². The smallest absolute Gasteiger partial charge is 0.140 e. The molecule has 15 heavy (non-hydrogen) atoms. The zero-order valence-corrected chi connectivity index (χ0v) is 11.1. The predicted molar refractivity (Wildman–Crippen MR) is 66.7 cm³/mol. The molecular formula is C10H14BrClN2O. The molecule has 1 unspecified atom stereocenters. The second-order valence-electron chi connectivity index (χ2n) is 3.29. The molecule has 0 spiro atoms. The highest BCUT2D eigenvalue weighted by molar-refractivity contribution is 9.10. The molecule has 3 nitrogen and oxygen atoms in total. The highest BCUT2D eigenvalue weighted by Gasteiger charge is 2.09. The molecule has 0 saturated carbocycles. The van der Waals surface area contributed by atoms with Crippen LogP contribution in [0.2, 0.25) is 0 Å².